The molecule has 18 heavy (non-hydrogen) atoms. The number of sulfonamides is 1. The highest BCUT2D eigenvalue weighted by Crippen LogP contribution is 2.17. The molecule has 0 bridgehead atoms. The third-order valence-corrected chi connectivity index (χ3v) is 4.02. The molecule has 102 valence electrons. The fourth-order valence-electron chi connectivity index (χ4n) is 1.33. The fourth-order valence-corrected chi connectivity index (χ4v) is 2.74. The normalized spacial score (nSPS) is 12.3. The van der Waals surface area contributed by atoms with Crippen LogP contribution in [0.2, 0.25) is 0 Å². The van der Waals surface area contributed by atoms with Gasteiger partial charge in [0.2, 0.25) is 10.0 Å². The lowest BCUT2D eigenvalue weighted by Crippen LogP contribution is -2.37. The Morgan fingerprint density at radius 2 is 1.78 bits per heavy atom. The molecule has 0 saturated heterocycles. The second kappa shape index (κ2) is 6.17. The molecule has 0 spiro atoms. The Morgan fingerprint density at radius 3 is 2.22 bits per heavy atom. The molecule has 0 saturated carbocycles. The van der Waals surface area contributed by atoms with Gasteiger partial charge in [-0.05, 0) is 24.3 Å². The lowest BCUT2D eigenvalue weighted by molar-refractivity contribution is 0.113. The number of aliphatic hydroxyl groups is 1. The van der Waals surface area contributed by atoms with E-state index >= 15 is 0 Å². The number of benzene rings is 1. The van der Waals surface area contributed by atoms with Crippen molar-refractivity contribution in [3.05, 3.63) is 30.1 Å². The first kappa shape index (κ1) is 14.9. The zero-order chi connectivity index (χ0) is 13.8. The van der Waals surface area contributed by atoms with Crippen molar-refractivity contribution in [3.8, 4) is 0 Å². The van der Waals surface area contributed by atoms with E-state index < -0.39 is 42.0 Å². The minimum absolute atomic E-state index is 0.294. The van der Waals surface area contributed by atoms with Gasteiger partial charge in [-0.15, -0.1) is 0 Å². The number of hydrogen-bond donors (Lipinski definition) is 1. The Balaban J connectivity index is 3.04. The summed E-state index contributed by atoms with van der Waals surface area (Å²) in [6.07, 6.45) is -2.85. The molecule has 0 aliphatic heterocycles. The molecule has 4 nitrogen and oxygen atoms in total. The Hall–Kier alpha value is -1.12. The van der Waals surface area contributed by atoms with Crippen LogP contribution in [-0.2, 0) is 10.0 Å². The average Bonchev–Trinajstić information content (AvgIpc) is 2.28. The average molecular weight is 283 g/mol. The van der Waals surface area contributed by atoms with Crippen LogP contribution >= 0.6 is 0 Å². The lowest BCUT2D eigenvalue weighted by Gasteiger charge is -2.20. The van der Waals surface area contributed by atoms with Gasteiger partial charge in [0.05, 0.1) is 18.0 Å². The van der Waals surface area contributed by atoms with Gasteiger partial charge in [0.25, 0.3) is 6.43 Å². The summed E-state index contributed by atoms with van der Waals surface area (Å²) in [6.45, 7) is -2.03. The Kier molecular flexibility index (Phi) is 5.12. The molecule has 0 aromatic heterocycles. The van der Waals surface area contributed by atoms with Gasteiger partial charge in [-0.2, -0.15) is 4.31 Å². The van der Waals surface area contributed by atoms with Crippen LogP contribution in [0.5, 0.6) is 0 Å². The summed E-state index contributed by atoms with van der Waals surface area (Å²) in [5.41, 5.74) is 0. The summed E-state index contributed by atoms with van der Waals surface area (Å²) in [4.78, 5) is -0.294. The van der Waals surface area contributed by atoms with Crippen LogP contribution in [-0.4, -0.2) is 44.0 Å². The van der Waals surface area contributed by atoms with E-state index in [-0.39, 0.29) is 4.90 Å². The Morgan fingerprint density at radius 1 is 1.22 bits per heavy atom. The molecule has 0 aliphatic rings. The molecular weight excluding hydrogens is 271 g/mol. The third-order valence-electron chi connectivity index (χ3n) is 2.14. The van der Waals surface area contributed by atoms with Crippen molar-refractivity contribution in [1.82, 2.24) is 4.31 Å². The first-order valence-corrected chi connectivity index (χ1v) is 6.46. The van der Waals surface area contributed by atoms with Gasteiger partial charge >= 0.3 is 0 Å². The van der Waals surface area contributed by atoms with Crippen LogP contribution in [0.1, 0.15) is 0 Å². The van der Waals surface area contributed by atoms with Crippen molar-refractivity contribution in [2.24, 2.45) is 0 Å². The molecule has 0 unspecified atom stereocenters. The number of rotatable bonds is 6. The van der Waals surface area contributed by atoms with E-state index in [0.29, 0.717) is 4.31 Å². The van der Waals surface area contributed by atoms with Gasteiger partial charge in [0, 0.05) is 6.54 Å². The molecular formula is C10H12F3NO3S. The molecule has 0 radical (unpaired) electrons. The minimum atomic E-state index is -4.15. The fraction of sp³-hybridized carbons (Fsp3) is 0.400. The van der Waals surface area contributed by atoms with E-state index in [1.54, 1.807) is 0 Å². The van der Waals surface area contributed by atoms with Crippen LogP contribution in [0.3, 0.4) is 0 Å². The summed E-state index contributed by atoms with van der Waals surface area (Å²) < 4.78 is 61.5. The van der Waals surface area contributed by atoms with Crippen molar-refractivity contribution in [2.45, 2.75) is 11.3 Å². The van der Waals surface area contributed by atoms with Crippen molar-refractivity contribution in [2.75, 3.05) is 19.7 Å². The van der Waals surface area contributed by atoms with Gasteiger partial charge in [-0.1, -0.05) is 0 Å². The molecule has 0 amide bonds. The van der Waals surface area contributed by atoms with Crippen molar-refractivity contribution in [3.63, 3.8) is 0 Å². The van der Waals surface area contributed by atoms with Crippen LogP contribution in [0.15, 0.2) is 29.2 Å². The number of aliphatic hydroxyl groups excluding tert-OH is 1. The first-order valence-electron chi connectivity index (χ1n) is 5.02. The smallest absolute Gasteiger partial charge is 0.252 e. The molecule has 1 N–H and O–H groups in total. The molecule has 0 fully saturated rings. The van der Waals surface area contributed by atoms with Crippen LogP contribution in [0.4, 0.5) is 13.2 Å². The van der Waals surface area contributed by atoms with E-state index in [2.05, 4.69) is 0 Å². The maximum atomic E-state index is 12.7. The van der Waals surface area contributed by atoms with Gasteiger partial charge in [0.1, 0.15) is 5.82 Å². The highest BCUT2D eigenvalue weighted by molar-refractivity contribution is 7.89. The zero-order valence-electron chi connectivity index (χ0n) is 9.26. The number of nitrogens with zero attached hydrogens (tertiary/aromatic N) is 1. The summed E-state index contributed by atoms with van der Waals surface area (Å²) in [5.74, 6) is -0.628. The Labute approximate surface area is 103 Å². The standard InChI is InChI=1S/C10H12F3NO3S/c11-8-1-3-9(4-2-8)18(16,17)14(5-6-15)7-10(12)13/h1-4,10,15H,5-7H2. The molecule has 1 aromatic rings. The lowest BCUT2D eigenvalue weighted by atomic mass is 10.4. The predicted molar refractivity (Wildman–Crippen MR) is 58.2 cm³/mol. The quantitative estimate of drug-likeness (QED) is 0.849. The van der Waals surface area contributed by atoms with Crippen LogP contribution < -0.4 is 0 Å². The molecule has 8 heteroatoms. The van der Waals surface area contributed by atoms with E-state index in [1.807, 2.05) is 0 Å². The highest BCUT2D eigenvalue weighted by Gasteiger charge is 2.26. The predicted octanol–water partition coefficient (Wildman–Crippen LogP) is 1.07. The monoisotopic (exact) mass is 283 g/mol. The summed E-state index contributed by atoms with van der Waals surface area (Å²) in [7, 11) is -4.15. The van der Waals surface area contributed by atoms with E-state index in [4.69, 9.17) is 5.11 Å². The van der Waals surface area contributed by atoms with Gasteiger partial charge in [-0.3, -0.25) is 0 Å². The van der Waals surface area contributed by atoms with Crippen LogP contribution in [0.25, 0.3) is 0 Å². The SMILES string of the molecule is O=S(=O)(c1ccc(F)cc1)N(CCO)CC(F)F. The van der Waals surface area contributed by atoms with Gasteiger partial charge in [-0.25, -0.2) is 21.6 Å². The van der Waals surface area contributed by atoms with E-state index in [1.165, 1.54) is 0 Å². The summed E-state index contributed by atoms with van der Waals surface area (Å²) in [5, 5.41) is 8.69. The van der Waals surface area contributed by atoms with E-state index in [9.17, 15) is 21.6 Å². The molecule has 1 rings (SSSR count). The number of hydrogen-bond acceptors (Lipinski definition) is 3. The zero-order valence-corrected chi connectivity index (χ0v) is 10.1. The molecule has 1 aromatic carbocycles. The summed E-state index contributed by atoms with van der Waals surface area (Å²) in [6, 6.07) is 3.82. The van der Waals surface area contributed by atoms with Gasteiger partial charge < -0.3 is 5.11 Å². The summed E-state index contributed by atoms with van der Waals surface area (Å²) >= 11 is 0. The number of halogens is 3. The van der Waals surface area contributed by atoms with E-state index in [0.717, 1.165) is 24.3 Å². The topological polar surface area (TPSA) is 57.6 Å². The molecule has 0 aliphatic carbocycles. The number of alkyl halides is 2. The minimum Gasteiger partial charge on any atom is -0.395 e. The largest absolute Gasteiger partial charge is 0.395 e. The first-order chi connectivity index (χ1) is 8.37. The molecule has 0 atom stereocenters. The van der Waals surface area contributed by atoms with Gasteiger partial charge in [0.15, 0.2) is 0 Å². The van der Waals surface area contributed by atoms with Crippen molar-refractivity contribution >= 4 is 10.0 Å². The van der Waals surface area contributed by atoms with Crippen molar-refractivity contribution in [1.29, 1.82) is 0 Å². The second-order valence-corrected chi connectivity index (χ2v) is 5.37. The molecule has 0 heterocycles. The Bertz CT molecular complexity index is 476. The highest BCUT2D eigenvalue weighted by atomic mass is 32.2. The third kappa shape index (κ3) is 3.69. The van der Waals surface area contributed by atoms with Crippen molar-refractivity contribution < 1.29 is 26.7 Å². The maximum Gasteiger partial charge on any atom is 0.252 e. The van der Waals surface area contributed by atoms with Crippen LogP contribution in [0, 0.1) is 5.82 Å². The second-order valence-electron chi connectivity index (χ2n) is 3.43. The maximum absolute atomic E-state index is 12.7.